The van der Waals surface area contributed by atoms with Gasteiger partial charge in [0.05, 0.1) is 15.0 Å². The molecule has 0 spiro atoms. The number of rotatable bonds is 7. The second kappa shape index (κ2) is 9.79. The number of hydrogen-bond acceptors (Lipinski definition) is 5. The van der Waals surface area contributed by atoms with Gasteiger partial charge in [-0.1, -0.05) is 47.8 Å². The summed E-state index contributed by atoms with van der Waals surface area (Å²) in [4.78, 5) is 11.3. The molecule has 156 valence electrons. The van der Waals surface area contributed by atoms with E-state index >= 15 is 0 Å². The highest BCUT2D eigenvalue weighted by atomic mass is 35.5. The standard InChI is InChI=1S/C21H17Cl3N2O3S/c1-3-13-9-17(30-25(2)15-6-4-5-14(22)10-15)12-19(24)21(13)29-20-8-7-16(26(27)28)11-18(20)23/h4-12H,3H2,1-2H3. The molecule has 0 aliphatic heterocycles. The monoisotopic (exact) mass is 482 g/mol. The minimum absolute atomic E-state index is 0.107. The van der Waals surface area contributed by atoms with E-state index in [1.807, 2.05) is 48.6 Å². The van der Waals surface area contributed by atoms with Gasteiger partial charge in [0, 0.05) is 34.8 Å². The first-order chi connectivity index (χ1) is 14.3. The third-order valence-electron chi connectivity index (χ3n) is 4.23. The van der Waals surface area contributed by atoms with Gasteiger partial charge in [-0.2, -0.15) is 0 Å². The molecule has 5 nitrogen and oxygen atoms in total. The molecule has 0 fully saturated rings. The van der Waals surface area contributed by atoms with Crippen LogP contribution < -0.4 is 9.04 Å². The van der Waals surface area contributed by atoms with Gasteiger partial charge >= 0.3 is 0 Å². The quantitative estimate of drug-likeness (QED) is 0.193. The second-order valence-corrected chi connectivity index (χ2v) is 8.74. The summed E-state index contributed by atoms with van der Waals surface area (Å²) in [5.41, 5.74) is 1.74. The third-order valence-corrected chi connectivity index (χ3v) is 5.97. The van der Waals surface area contributed by atoms with E-state index in [1.165, 1.54) is 30.1 Å². The fourth-order valence-electron chi connectivity index (χ4n) is 2.73. The van der Waals surface area contributed by atoms with Gasteiger partial charge < -0.3 is 9.04 Å². The Labute approximate surface area is 193 Å². The van der Waals surface area contributed by atoms with E-state index in [2.05, 4.69) is 0 Å². The molecule has 3 aromatic carbocycles. The normalized spacial score (nSPS) is 10.7. The molecule has 0 radical (unpaired) electrons. The van der Waals surface area contributed by atoms with Crippen LogP contribution in [0, 0.1) is 10.1 Å². The Kier molecular flexibility index (Phi) is 7.36. The van der Waals surface area contributed by atoms with Crippen LogP contribution in [0.25, 0.3) is 0 Å². The van der Waals surface area contributed by atoms with Gasteiger partial charge in [0.2, 0.25) is 0 Å². The molecule has 0 saturated heterocycles. The number of nitrogens with zero attached hydrogens (tertiary/aromatic N) is 2. The molecular weight excluding hydrogens is 467 g/mol. The lowest BCUT2D eigenvalue weighted by Gasteiger charge is -2.20. The van der Waals surface area contributed by atoms with Crippen LogP contribution in [0.15, 0.2) is 59.5 Å². The molecule has 0 saturated carbocycles. The number of nitro groups is 1. The van der Waals surface area contributed by atoms with Crippen molar-refractivity contribution in [2.45, 2.75) is 18.2 Å². The van der Waals surface area contributed by atoms with Crippen LogP contribution in [0.5, 0.6) is 11.5 Å². The van der Waals surface area contributed by atoms with Crippen molar-refractivity contribution in [3.63, 3.8) is 0 Å². The Morgan fingerprint density at radius 2 is 1.83 bits per heavy atom. The van der Waals surface area contributed by atoms with Crippen LogP contribution in [-0.2, 0) is 6.42 Å². The van der Waals surface area contributed by atoms with E-state index < -0.39 is 4.92 Å². The largest absolute Gasteiger partial charge is 0.454 e. The van der Waals surface area contributed by atoms with E-state index in [1.54, 1.807) is 6.07 Å². The van der Waals surface area contributed by atoms with Crippen molar-refractivity contribution >= 4 is 58.1 Å². The zero-order valence-corrected chi connectivity index (χ0v) is 19.1. The molecule has 0 N–H and O–H groups in total. The van der Waals surface area contributed by atoms with Crippen LogP contribution >= 0.6 is 46.8 Å². The average Bonchev–Trinajstić information content (AvgIpc) is 2.70. The summed E-state index contributed by atoms with van der Waals surface area (Å²) < 4.78 is 7.92. The zero-order valence-electron chi connectivity index (χ0n) is 16.1. The van der Waals surface area contributed by atoms with Crippen molar-refractivity contribution in [3.8, 4) is 11.5 Å². The molecule has 30 heavy (non-hydrogen) atoms. The predicted octanol–water partition coefficient (Wildman–Crippen LogP) is 8.05. The maximum atomic E-state index is 10.9. The number of nitro benzene ring substituents is 1. The van der Waals surface area contributed by atoms with Crippen molar-refractivity contribution < 1.29 is 9.66 Å². The molecule has 0 aliphatic carbocycles. The van der Waals surface area contributed by atoms with Crippen LogP contribution in [-0.4, -0.2) is 12.0 Å². The molecule has 3 rings (SSSR count). The van der Waals surface area contributed by atoms with Crippen molar-refractivity contribution in [1.29, 1.82) is 0 Å². The number of hydrogen-bond donors (Lipinski definition) is 0. The lowest BCUT2D eigenvalue weighted by Crippen LogP contribution is -2.06. The number of halogens is 3. The molecule has 9 heteroatoms. The molecular formula is C21H17Cl3N2O3S. The van der Waals surface area contributed by atoms with E-state index in [-0.39, 0.29) is 10.7 Å². The number of aryl methyl sites for hydroxylation is 1. The van der Waals surface area contributed by atoms with Crippen molar-refractivity contribution in [2.75, 3.05) is 11.4 Å². The summed E-state index contributed by atoms with van der Waals surface area (Å²) in [5.74, 6) is 0.778. The Morgan fingerprint density at radius 1 is 1.07 bits per heavy atom. The van der Waals surface area contributed by atoms with Gasteiger partial charge in [-0.15, -0.1) is 0 Å². The van der Waals surface area contributed by atoms with Gasteiger partial charge in [0.1, 0.15) is 11.5 Å². The first-order valence-electron chi connectivity index (χ1n) is 8.90. The Balaban J connectivity index is 1.86. The first kappa shape index (κ1) is 22.6. The molecule has 0 bridgehead atoms. The fraction of sp³-hybridized carbons (Fsp3) is 0.143. The van der Waals surface area contributed by atoms with Crippen molar-refractivity contribution in [3.05, 3.63) is 85.3 Å². The highest BCUT2D eigenvalue weighted by Gasteiger charge is 2.16. The van der Waals surface area contributed by atoms with Gasteiger partial charge in [-0.25, -0.2) is 0 Å². The number of benzene rings is 3. The molecule has 0 aromatic heterocycles. The smallest absolute Gasteiger partial charge is 0.271 e. The minimum atomic E-state index is -0.511. The van der Waals surface area contributed by atoms with Crippen LogP contribution in [0.1, 0.15) is 12.5 Å². The minimum Gasteiger partial charge on any atom is -0.454 e. The summed E-state index contributed by atoms with van der Waals surface area (Å²) >= 11 is 20.3. The summed E-state index contributed by atoms with van der Waals surface area (Å²) in [6.45, 7) is 1.99. The highest BCUT2D eigenvalue weighted by molar-refractivity contribution is 8.00. The number of non-ortho nitro benzene ring substituents is 1. The summed E-state index contributed by atoms with van der Waals surface area (Å²) in [6, 6.07) is 15.4. The van der Waals surface area contributed by atoms with Gasteiger partial charge in [-0.05, 0) is 60.3 Å². The number of ether oxygens (including phenoxy) is 1. The maximum absolute atomic E-state index is 10.9. The topological polar surface area (TPSA) is 55.6 Å². The predicted molar refractivity (Wildman–Crippen MR) is 125 cm³/mol. The molecule has 0 amide bonds. The summed E-state index contributed by atoms with van der Waals surface area (Å²) in [6.07, 6.45) is 0.676. The highest BCUT2D eigenvalue weighted by Crippen LogP contribution is 2.41. The molecule has 3 aromatic rings. The third kappa shape index (κ3) is 5.32. The Hall–Kier alpha value is -2.12. The van der Waals surface area contributed by atoms with E-state index in [0.717, 1.165) is 16.1 Å². The van der Waals surface area contributed by atoms with E-state index in [9.17, 15) is 10.1 Å². The Bertz CT molecular complexity index is 1100. The zero-order chi connectivity index (χ0) is 21.8. The first-order valence-corrected chi connectivity index (χ1v) is 10.8. The second-order valence-electron chi connectivity index (χ2n) is 6.29. The molecule has 0 heterocycles. The number of anilines is 1. The SMILES string of the molecule is CCc1cc(SN(C)c2cccc(Cl)c2)cc(Cl)c1Oc1ccc([N+](=O)[O-])cc1Cl. The Morgan fingerprint density at radius 3 is 2.47 bits per heavy atom. The maximum Gasteiger partial charge on any atom is 0.271 e. The molecule has 0 unspecified atom stereocenters. The van der Waals surface area contributed by atoms with E-state index in [0.29, 0.717) is 28.0 Å². The summed E-state index contributed by atoms with van der Waals surface area (Å²) in [7, 11) is 1.94. The van der Waals surface area contributed by atoms with Crippen LogP contribution in [0.4, 0.5) is 11.4 Å². The lowest BCUT2D eigenvalue weighted by molar-refractivity contribution is -0.384. The van der Waals surface area contributed by atoms with Gasteiger partial charge in [0.15, 0.2) is 0 Å². The lowest BCUT2D eigenvalue weighted by atomic mass is 10.1. The molecule has 0 atom stereocenters. The van der Waals surface area contributed by atoms with Gasteiger partial charge in [-0.3, -0.25) is 10.1 Å². The van der Waals surface area contributed by atoms with E-state index in [4.69, 9.17) is 39.5 Å². The summed E-state index contributed by atoms with van der Waals surface area (Å²) in [5, 5.41) is 12.1. The fourth-order valence-corrected chi connectivity index (χ4v) is 4.37. The average molecular weight is 484 g/mol. The van der Waals surface area contributed by atoms with Crippen LogP contribution in [0.2, 0.25) is 15.1 Å². The molecule has 0 aliphatic rings. The van der Waals surface area contributed by atoms with Crippen molar-refractivity contribution in [2.24, 2.45) is 0 Å². The van der Waals surface area contributed by atoms with Crippen LogP contribution in [0.3, 0.4) is 0 Å². The van der Waals surface area contributed by atoms with Gasteiger partial charge in [0.25, 0.3) is 5.69 Å². The van der Waals surface area contributed by atoms with Crippen molar-refractivity contribution in [1.82, 2.24) is 0 Å².